The summed E-state index contributed by atoms with van der Waals surface area (Å²) in [6.45, 7) is 6.64. The van der Waals surface area contributed by atoms with Gasteiger partial charge in [-0.15, -0.1) is 11.8 Å². The highest BCUT2D eigenvalue weighted by atomic mass is 32.2. The van der Waals surface area contributed by atoms with Gasteiger partial charge >= 0.3 is 5.97 Å². The van der Waals surface area contributed by atoms with Gasteiger partial charge in [-0.05, 0) is 45.1 Å². The number of ether oxygens (including phenoxy) is 1. The highest BCUT2D eigenvalue weighted by Gasteiger charge is 2.32. The molecule has 1 atom stereocenters. The summed E-state index contributed by atoms with van der Waals surface area (Å²) < 4.78 is 10.1. The van der Waals surface area contributed by atoms with Gasteiger partial charge < -0.3 is 14.5 Å². The molecule has 0 saturated heterocycles. The molecule has 0 spiro atoms. The summed E-state index contributed by atoms with van der Waals surface area (Å²) in [5, 5.41) is 3.23. The molecule has 5 heteroatoms. The van der Waals surface area contributed by atoms with Crippen LogP contribution in [0.5, 0.6) is 0 Å². The minimum atomic E-state index is -0.570. The summed E-state index contributed by atoms with van der Waals surface area (Å²) in [6.07, 6.45) is 4.56. The number of carbonyl (C=O) groups is 1. The fourth-order valence-electron chi connectivity index (χ4n) is 2.16. The number of methoxy groups -OCH3 is 1. The zero-order chi connectivity index (χ0) is 15.0. The zero-order valence-corrected chi connectivity index (χ0v) is 13.6. The lowest BCUT2D eigenvalue weighted by molar-refractivity contribution is -0.148. The van der Waals surface area contributed by atoms with Gasteiger partial charge in [0.25, 0.3) is 0 Å². The van der Waals surface area contributed by atoms with Crippen molar-refractivity contribution in [3.8, 4) is 0 Å². The topological polar surface area (TPSA) is 51.5 Å². The molecule has 0 fully saturated rings. The highest BCUT2D eigenvalue weighted by molar-refractivity contribution is 7.99. The minimum absolute atomic E-state index is 0.183. The van der Waals surface area contributed by atoms with Crippen molar-refractivity contribution >= 4 is 17.7 Å². The van der Waals surface area contributed by atoms with Crippen LogP contribution in [0.15, 0.2) is 21.6 Å². The van der Waals surface area contributed by atoms with Crippen molar-refractivity contribution in [1.82, 2.24) is 5.32 Å². The molecular weight excluding hydrogens is 274 g/mol. The quantitative estimate of drug-likeness (QED) is 0.430. The van der Waals surface area contributed by atoms with E-state index in [9.17, 15) is 4.79 Å². The van der Waals surface area contributed by atoms with E-state index in [2.05, 4.69) is 5.32 Å². The van der Waals surface area contributed by atoms with E-state index in [1.165, 1.54) is 12.0 Å². The van der Waals surface area contributed by atoms with Gasteiger partial charge in [0.1, 0.15) is 11.3 Å². The third-order valence-electron chi connectivity index (χ3n) is 3.34. The van der Waals surface area contributed by atoms with E-state index in [0.717, 1.165) is 37.3 Å². The Kier molecular flexibility index (Phi) is 7.16. The smallest absolute Gasteiger partial charge is 0.325 e. The van der Waals surface area contributed by atoms with Crippen molar-refractivity contribution < 1.29 is 13.9 Å². The molecule has 1 heterocycles. The maximum Gasteiger partial charge on any atom is 0.325 e. The summed E-state index contributed by atoms with van der Waals surface area (Å²) in [4.78, 5) is 13.0. The Morgan fingerprint density at radius 3 is 2.80 bits per heavy atom. The molecule has 0 aliphatic carbocycles. The predicted molar refractivity (Wildman–Crippen MR) is 82.1 cm³/mol. The number of furan rings is 1. The van der Waals surface area contributed by atoms with Crippen LogP contribution in [0.25, 0.3) is 0 Å². The van der Waals surface area contributed by atoms with Crippen molar-refractivity contribution in [3.05, 3.63) is 18.1 Å². The molecule has 1 rings (SSSR count). The SMILES string of the molecule is CCNC(C)(CCCCSc1ccoc1C)C(=O)OC. The van der Waals surface area contributed by atoms with Gasteiger partial charge in [0.2, 0.25) is 0 Å². The van der Waals surface area contributed by atoms with E-state index in [4.69, 9.17) is 9.15 Å². The van der Waals surface area contributed by atoms with Crippen molar-refractivity contribution in [1.29, 1.82) is 0 Å². The van der Waals surface area contributed by atoms with Gasteiger partial charge in [0.05, 0.1) is 13.4 Å². The van der Waals surface area contributed by atoms with E-state index in [-0.39, 0.29) is 5.97 Å². The monoisotopic (exact) mass is 299 g/mol. The molecule has 0 aromatic carbocycles. The molecule has 1 aromatic heterocycles. The second-order valence-electron chi connectivity index (χ2n) is 5.00. The standard InChI is InChI=1S/C15H25NO3S/c1-5-16-15(3,14(17)18-4)9-6-7-11-20-13-8-10-19-12(13)2/h8,10,16H,5-7,9,11H2,1-4H3. The van der Waals surface area contributed by atoms with Crippen LogP contribution < -0.4 is 5.32 Å². The van der Waals surface area contributed by atoms with Crippen LogP contribution in [0, 0.1) is 6.92 Å². The van der Waals surface area contributed by atoms with Gasteiger partial charge in [0.15, 0.2) is 0 Å². The van der Waals surface area contributed by atoms with Crippen molar-refractivity contribution in [2.24, 2.45) is 0 Å². The fourth-order valence-corrected chi connectivity index (χ4v) is 3.14. The average molecular weight is 299 g/mol. The third kappa shape index (κ3) is 4.87. The molecule has 0 saturated carbocycles. The maximum absolute atomic E-state index is 11.8. The maximum atomic E-state index is 11.8. The van der Waals surface area contributed by atoms with Crippen LogP contribution in [0.2, 0.25) is 0 Å². The normalized spacial score (nSPS) is 14.0. The molecule has 1 unspecified atom stereocenters. The lowest BCUT2D eigenvalue weighted by Gasteiger charge is -2.27. The van der Waals surface area contributed by atoms with Gasteiger partial charge in [-0.1, -0.05) is 13.3 Å². The molecule has 0 amide bonds. The minimum Gasteiger partial charge on any atom is -0.468 e. The fraction of sp³-hybridized carbons (Fsp3) is 0.667. The summed E-state index contributed by atoms with van der Waals surface area (Å²) in [6, 6.07) is 2.00. The number of carbonyl (C=O) groups excluding carboxylic acids is 1. The Balaban J connectivity index is 2.31. The zero-order valence-electron chi connectivity index (χ0n) is 12.8. The summed E-state index contributed by atoms with van der Waals surface area (Å²) in [5.41, 5.74) is -0.570. The number of nitrogens with one attached hydrogen (secondary N) is 1. The van der Waals surface area contributed by atoms with Crippen LogP contribution in [-0.2, 0) is 9.53 Å². The van der Waals surface area contributed by atoms with Crippen molar-refractivity contribution in [3.63, 3.8) is 0 Å². The van der Waals surface area contributed by atoms with E-state index in [1.807, 2.05) is 26.8 Å². The average Bonchev–Trinajstić information content (AvgIpc) is 2.83. The molecule has 0 aliphatic heterocycles. The molecule has 114 valence electrons. The van der Waals surface area contributed by atoms with E-state index >= 15 is 0 Å². The lowest BCUT2D eigenvalue weighted by Crippen LogP contribution is -2.50. The molecule has 0 radical (unpaired) electrons. The van der Waals surface area contributed by atoms with Gasteiger partial charge in [-0.3, -0.25) is 4.79 Å². The first kappa shape index (κ1) is 17.1. The van der Waals surface area contributed by atoms with Gasteiger partial charge in [-0.25, -0.2) is 0 Å². The van der Waals surface area contributed by atoms with Crippen molar-refractivity contribution in [2.75, 3.05) is 19.4 Å². The first-order chi connectivity index (χ1) is 9.53. The lowest BCUT2D eigenvalue weighted by atomic mass is 9.95. The number of aryl methyl sites for hydroxylation is 1. The van der Waals surface area contributed by atoms with Crippen LogP contribution in [0.3, 0.4) is 0 Å². The number of esters is 1. The predicted octanol–water partition coefficient (Wildman–Crippen LogP) is 3.39. The van der Waals surface area contributed by atoms with Gasteiger partial charge in [-0.2, -0.15) is 0 Å². The van der Waals surface area contributed by atoms with E-state index < -0.39 is 5.54 Å². The molecule has 1 aromatic rings. The summed E-state index contributed by atoms with van der Waals surface area (Å²) >= 11 is 1.80. The molecule has 1 N–H and O–H groups in total. The number of hydrogen-bond donors (Lipinski definition) is 1. The first-order valence-corrected chi connectivity index (χ1v) is 8.02. The van der Waals surface area contributed by atoms with Crippen molar-refractivity contribution in [2.45, 2.75) is 50.5 Å². The van der Waals surface area contributed by atoms with Crippen LogP contribution in [0.4, 0.5) is 0 Å². The summed E-state index contributed by atoms with van der Waals surface area (Å²) in [5.74, 6) is 1.82. The number of thioether (sulfide) groups is 1. The largest absolute Gasteiger partial charge is 0.468 e. The third-order valence-corrected chi connectivity index (χ3v) is 4.57. The number of hydrogen-bond acceptors (Lipinski definition) is 5. The number of likely N-dealkylation sites (N-methyl/N-ethyl adjacent to an activating group) is 1. The van der Waals surface area contributed by atoms with E-state index in [1.54, 1.807) is 18.0 Å². The van der Waals surface area contributed by atoms with E-state index in [0.29, 0.717) is 0 Å². The second kappa shape index (κ2) is 8.37. The number of unbranched alkanes of at least 4 members (excludes halogenated alkanes) is 1. The van der Waals surface area contributed by atoms with Gasteiger partial charge in [0, 0.05) is 4.90 Å². The molecule has 0 bridgehead atoms. The Morgan fingerprint density at radius 2 is 2.25 bits per heavy atom. The van der Waals surface area contributed by atoms with Crippen LogP contribution in [0.1, 0.15) is 38.9 Å². The Labute approximate surface area is 125 Å². The Bertz CT molecular complexity index is 419. The molecule has 20 heavy (non-hydrogen) atoms. The second-order valence-corrected chi connectivity index (χ2v) is 6.14. The molecular formula is C15H25NO3S. The Hall–Kier alpha value is -0.940. The summed E-state index contributed by atoms with van der Waals surface area (Å²) in [7, 11) is 1.44. The van der Waals surface area contributed by atoms with Crippen LogP contribution in [-0.4, -0.2) is 30.9 Å². The molecule has 0 aliphatic rings. The van der Waals surface area contributed by atoms with Crippen LogP contribution >= 0.6 is 11.8 Å². The first-order valence-electron chi connectivity index (χ1n) is 7.04. The number of rotatable bonds is 9. The highest BCUT2D eigenvalue weighted by Crippen LogP contribution is 2.25. The Morgan fingerprint density at radius 1 is 1.50 bits per heavy atom. The molecule has 4 nitrogen and oxygen atoms in total.